The molecule has 0 heterocycles. The Kier molecular flexibility index (Phi) is 45.5. The largest absolute Gasteiger partial charge is 0.501 e. The van der Waals surface area contributed by atoms with Crippen LogP contribution in [0.2, 0.25) is 0 Å². The van der Waals surface area contributed by atoms with E-state index in [-0.39, 0.29) is 91.5 Å². The average molecular weight is 1180 g/mol. The molecule has 0 fully saturated rings. The van der Waals surface area contributed by atoms with E-state index in [4.69, 9.17) is 40.6 Å². The highest BCUT2D eigenvalue weighted by atomic mass is 35.7. The minimum absolute atomic E-state index is 0. The van der Waals surface area contributed by atoms with Crippen LogP contribution >= 0.6 is 33.8 Å². The molecule has 0 aliphatic heterocycles. The maximum atomic E-state index is 11.6. The number of halogens is 1. The van der Waals surface area contributed by atoms with Gasteiger partial charge in [0.25, 0.3) is 0 Å². The van der Waals surface area contributed by atoms with Crippen molar-refractivity contribution in [2.45, 2.75) is 197 Å². The second-order valence-corrected chi connectivity index (χ2v) is 28.6. The van der Waals surface area contributed by atoms with Crippen molar-refractivity contribution in [3.63, 3.8) is 0 Å². The van der Waals surface area contributed by atoms with E-state index in [0.29, 0.717) is 24.2 Å². The van der Waals surface area contributed by atoms with Crippen LogP contribution in [0.25, 0.3) is 0 Å². The smallest absolute Gasteiger partial charge is 0.491 e. The van der Waals surface area contributed by atoms with Gasteiger partial charge in [0.2, 0.25) is 0 Å². The lowest BCUT2D eigenvalue weighted by Gasteiger charge is -2.33. The lowest BCUT2D eigenvalue weighted by atomic mass is 9.72. The van der Waals surface area contributed by atoms with Crippen molar-refractivity contribution >= 4 is 33.8 Å². The normalized spacial score (nSPS) is 12.0. The van der Waals surface area contributed by atoms with Crippen LogP contribution in [0, 0.1) is 16.2 Å². The SMILES string of the molecule is C.C.C.C.C.C.CC(C)(C)CC(C)(C)c1ccc(CCOO)cc1.CC(C)(C)CC(C)(C)c1ccc(OCCOP(=O)(O)O)cc1.COP(=O)(Cl)OC.COP(=O)(OC)OOCCc1ccc(C(C)(C)CC(C)(C)C)cc1. The number of phosphoric acid groups is 2. The molecule has 0 aromatic heterocycles. The summed E-state index contributed by atoms with van der Waals surface area (Å²) in [5.74, 6) is 0.657. The molecule has 458 valence electrons. The maximum absolute atomic E-state index is 11.6. The van der Waals surface area contributed by atoms with Crippen LogP contribution in [0.15, 0.2) is 72.8 Å². The van der Waals surface area contributed by atoms with Crippen molar-refractivity contribution in [1.82, 2.24) is 0 Å². The zero-order valence-electron chi connectivity index (χ0n) is 46.3. The summed E-state index contributed by atoms with van der Waals surface area (Å²) in [6, 6.07) is 25.0. The number of hydrogen-bond donors (Lipinski definition) is 3. The third-order valence-electron chi connectivity index (χ3n) is 10.6. The molecule has 3 rings (SSSR count). The van der Waals surface area contributed by atoms with Gasteiger partial charge in [-0.1, -0.05) is 209 Å². The van der Waals surface area contributed by atoms with Crippen molar-refractivity contribution in [2.24, 2.45) is 16.2 Å². The molecule has 3 N–H and O–H groups in total. The van der Waals surface area contributed by atoms with Gasteiger partial charge in [0, 0.05) is 39.7 Å². The first-order valence-corrected chi connectivity index (χ1v) is 29.0. The summed E-state index contributed by atoms with van der Waals surface area (Å²) in [5.41, 5.74) is 7.48. The van der Waals surface area contributed by atoms with E-state index in [1.807, 2.05) is 24.3 Å². The van der Waals surface area contributed by atoms with Gasteiger partial charge in [0.05, 0.1) is 19.8 Å². The number of ether oxygens (including phenoxy) is 1. The molecule has 0 aliphatic rings. The Morgan fingerprint density at radius 2 is 0.766 bits per heavy atom. The van der Waals surface area contributed by atoms with Crippen LogP contribution in [-0.2, 0) is 79.9 Å². The Labute approximate surface area is 476 Å². The predicted molar refractivity (Wildman–Crippen MR) is 327 cm³/mol. The molecule has 0 atom stereocenters. The fraction of sp³-hybridized carbons (Fsp3) is 0.690. The monoisotopic (exact) mass is 1180 g/mol. The molecule has 0 saturated heterocycles. The van der Waals surface area contributed by atoms with Crippen molar-refractivity contribution in [1.29, 1.82) is 0 Å². The van der Waals surface area contributed by atoms with Crippen LogP contribution < -0.4 is 4.74 Å². The second-order valence-electron chi connectivity index (χ2n) is 22.8. The molecule has 15 nitrogen and oxygen atoms in total. The van der Waals surface area contributed by atoms with Crippen molar-refractivity contribution < 1.29 is 70.5 Å². The molecule has 3 aromatic rings. The van der Waals surface area contributed by atoms with E-state index in [1.54, 1.807) is 0 Å². The van der Waals surface area contributed by atoms with Crippen LogP contribution in [0.1, 0.15) is 195 Å². The van der Waals surface area contributed by atoms with Gasteiger partial charge in [-0.05, 0) is 105 Å². The lowest BCUT2D eigenvalue weighted by Crippen LogP contribution is -2.24. The van der Waals surface area contributed by atoms with Gasteiger partial charge in [-0.2, -0.15) is 0 Å². The molecule has 3 aromatic carbocycles. The van der Waals surface area contributed by atoms with Crippen molar-refractivity contribution in [3.05, 3.63) is 101 Å². The second kappa shape index (κ2) is 39.4. The lowest BCUT2D eigenvalue weighted by molar-refractivity contribution is -0.241. The van der Waals surface area contributed by atoms with Gasteiger partial charge in [-0.25, -0.2) is 23.5 Å². The van der Waals surface area contributed by atoms with Gasteiger partial charge in [0.15, 0.2) is 0 Å². The van der Waals surface area contributed by atoms with Crippen LogP contribution in [0.4, 0.5) is 0 Å². The van der Waals surface area contributed by atoms with Gasteiger partial charge in [0.1, 0.15) is 12.4 Å². The average Bonchev–Trinajstić information content (AvgIpc) is 3.24. The van der Waals surface area contributed by atoms with Crippen LogP contribution in [-0.4, -0.2) is 69.9 Å². The Balaban J connectivity index is -0.000000174. The fourth-order valence-corrected chi connectivity index (χ4v) is 9.42. The van der Waals surface area contributed by atoms with Gasteiger partial charge in [-0.3, -0.25) is 18.8 Å². The molecule has 0 radical (unpaired) electrons. The summed E-state index contributed by atoms with van der Waals surface area (Å²) < 4.78 is 64.5. The third kappa shape index (κ3) is 41.6. The van der Waals surface area contributed by atoms with E-state index in [9.17, 15) is 13.7 Å². The minimum atomic E-state index is -4.42. The summed E-state index contributed by atoms with van der Waals surface area (Å²) in [7, 11) is -3.07. The zero-order valence-corrected chi connectivity index (χ0v) is 49.7. The summed E-state index contributed by atoms with van der Waals surface area (Å²) in [4.78, 5) is 26.2. The van der Waals surface area contributed by atoms with Crippen LogP contribution in [0.3, 0.4) is 0 Å². The van der Waals surface area contributed by atoms with E-state index in [0.717, 1.165) is 31.2 Å². The number of rotatable bonds is 23. The zero-order chi connectivity index (χ0) is 55.2. The van der Waals surface area contributed by atoms with Gasteiger partial charge < -0.3 is 23.6 Å². The molecular weight excluding hydrogens is 1060 g/mol. The minimum Gasteiger partial charge on any atom is -0.491 e. The first-order valence-electron chi connectivity index (χ1n) is 23.6. The Hall–Kier alpha value is -2.00. The van der Waals surface area contributed by atoms with Crippen LogP contribution in [0.5, 0.6) is 5.75 Å². The molecule has 0 unspecified atom stereocenters. The highest BCUT2D eigenvalue weighted by Crippen LogP contribution is 2.51. The molecule has 0 saturated carbocycles. The van der Waals surface area contributed by atoms with Gasteiger partial charge in [-0.15, -0.1) is 4.67 Å². The van der Waals surface area contributed by atoms with E-state index in [2.05, 4.69) is 180 Å². The van der Waals surface area contributed by atoms with E-state index >= 15 is 0 Å². The Morgan fingerprint density at radius 1 is 0.455 bits per heavy atom. The molecule has 0 bridgehead atoms. The maximum Gasteiger partial charge on any atom is 0.501 e. The quantitative estimate of drug-likeness (QED) is 0.0351. The summed E-state index contributed by atoms with van der Waals surface area (Å²) in [6.07, 6.45) is 4.72. The number of hydrogen-bond acceptors (Lipinski definition) is 13. The first kappa shape index (κ1) is 88.8. The standard InChI is InChI=1S/C18H31O5P.C16H27O5P.C16H26O2.C2H6ClO3P.6CH4/c1-17(2,3)14-18(4,5)16-10-8-15(9-11-16)12-13-22-23-24(19,20-6)21-7;1-15(2,3)12-16(4,5)13-6-8-14(9-7-13)20-10-11-21-22(17,18)19;1-15(2,3)12-16(4,5)14-8-6-13(7-9-14)10-11-18-17;1-5-7(3,4)6-2;;;;;;/h8-11H,12-14H2,1-7H3;6-9H,10-12H2,1-5H3,(H2,17,18,19);6-9,17H,10-12H2,1-5H3;1-2H3;6*1H4. The molecule has 0 spiro atoms. The van der Waals surface area contributed by atoms with Crippen molar-refractivity contribution in [3.8, 4) is 5.75 Å². The summed E-state index contributed by atoms with van der Waals surface area (Å²) >= 11 is 5.02. The predicted octanol–water partition coefficient (Wildman–Crippen LogP) is 19.1. The van der Waals surface area contributed by atoms with Crippen molar-refractivity contribution in [2.75, 3.05) is 54.9 Å². The third-order valence-corrected chi connectivity index (χ3v) is 14.0. The molecule has 0 aliphatic carbocycles. The highest BCUT2D eigenvalue weighted by molar-refractivity contribution is 7.81. The highest BCUT2D eigenvalue weighted by Gasteiger charge is 2.30. The number of phosphoric ester groups is 2. The molecule has 19 heteroatoms. The Morgan fingerprint density at radius 3 is 1.03 bits per heavy atom. The summed E-state index contributed by atoms with van der Waals surface area (Å²) in [5, 5.41) is 8.34. The van der Waals surface area contributed by atoms with Gasteiger partial charge >= 0.3 is 22.6 Å². The molecular formula is C58H114ClO15P3. The first-order chi connectivity index (χ1) is 32.3. The fourth-order valence-electron chi connectivity index (χ4n) is 8.48. The topological polar surface area (TPSA) is 195 Å². The van der Waals surface area contributed by atoms with E-state index in [1.165, 1.54) is 50.7 Å². The Bertz CT molecular complexity index is 2050. The number of benzene rings is 3. The molecule has 77 heavy (non-hydrogen) atoms. The summed E-state index contributed by atoms with van der Waals surface area (Å²) in [6.45, 7) is 31.3. The van der Waals surface area contributed by atoms with E-state index < -0.39 is 22.6 Å². The molecule has 0 amide bonds.